The van der Waals surface area contributed by atoms with Gasteiger partial charge in [-0.25, -0.2) is 4.79 Å². The zero-order valence-corrected chi connectivity index (χ0v) is 8.45. The molecule has 0 unspecified atom stereocenters. The molecule has 0 fully saturated rings. The van der Waals surface area contributed by atoms with Crippen molar-refractivity contribution in [2.24, 2.45) is 0 Å². The summed E-state index contributed by atoms with van der Waals surface area (Å²) in [5.41, 5.74) is 5.18. The highest BCUT2D eigenvalue weighted by molar-refractivity contribution is 5.73. The van der Waals surface area contributed by atoms with Crippen LogP contribution in [0.25, 0.3) is 0 Å². The maximum atomic E-state index is 10.6. The summed E-state index contributed by atoms with van der Waals surface area (Å²) >= 11 is 0. The zero-order chi connectivity index (χ0) is 12.9. The Labute approximate surface area is 88.3 Å². The van der Waals surface area contributed by atoms with Gasteiger partial charge in [-0.05, 0) is 0 Å². The van der Waals surface area contributed by atoms with E-state index in [1.165, 1.54) is 0 Å². The average molecular weight is 241 g/mol. The van der Waals surface area contributed by atoms with Gasteiger partial charge in [0, 0.05) is 5.92 Å². The number of nitrogens with two attached hydrogens (primary N) is 1. The average Bonchev–Trinajstić information content (AvgIpc) is 2.51. The van der Waals surface area contributed by atoms with Gasteiger partial charge >= 0.3 is 18.2 Å². The maximum Gasteiger partial charge on any atom is 0.490 e. The summed E-state index contributed by atoms with van der Waals surface area (Å²) in [7, 11) is 0. The van der Waals surface area contributed by atoms with E-state index in [1.54, 1.807) is 0 Å². The summed E-state index contributed by atoms with van der Waals surface area (Å²) in [4.78, 5) is 8.90. The second kappa shape index (κ2) is 5.33. The lowest BCUT2D eigenvalue weighted by atomic mass is 10.2. The lowest BCUT2D eigenvalue weighted by molar-refractivity contribution is -0.192. The Kier molecular flexibility index (Phi) is 4.73. The van der Waals surface area contributed by atoms with E-state index in [0.29, 0.717) is 5.89 Å². The Morgan fingerprint density at radius 2 is 1.88 bits per heavy atom. The van der Waals surface area contributed by atoms with E-state index < -0.39 is 12.1 Å². The van der Waals surface area contributed by atoms with Gasteiger partial charge in [-0.3, -0.25) is 0 Å². The van der Waals surface area contributed by atoms with Crippen molar-refractivity contribution in [3.8, 4) is 0 Å². The first-order valence-corrected chi connectivity index (χ1v) is 4.03. The number of carboxylic acids is 1. The predicted molar refractivity (Wildman–Crippen MR) is 46.5 cm³/mol. The fourth-order valence-corrected chi connectivity index (χ4v) is 0.480. The number of aliphatic carboxylic acids is 1. The number of aromatic nitrogens is 2. The fourth-order valence-electron chi connectivity index (χ4n) is 0.480. The highest BCUT2D eigenvalue weighted by Crippen LogP contribution is 2.13. The molecule has 0 saturated carbocycles. The van der Waals surface area contributed by atoms with Crippen LogP contribution in [0, 0.1) is 0 Å². The molecular formula is C7H10F3N3O3. The molecular weight excluding hydrogens is 231 g/mol. The van der Waals surface area contributed by atoms with Gasteiger partial charge in [0.1, 0.15) is 0 Å². The van der Waals surface area contributed by atoms with Crippen LogP contribution >= 0.6 is 0 Å². The van der Waals surface area contributed by atoms with Crippen molar-refractivity contribution in [3.05, 3.63) is 5.89 Å². The molecule has 0 aliphatic carbocycles. The Balaban J connectivity index is 0.000000293. The molecule has 9 heteroatoms. The summed E-state index contributed by atoms with van der Waals surface area (Å²) in [5.74, 6) is -1.91. The van der Waals surface area contributed by atoms with Gasteiger partial charge < -0.3 is 15.3 Å². The van der Waals surface area contributed by atoms with Crippen LogP contribution in [0.15, 0.2) is 4.42 Å². The lowest BCUT2D eigenvalue weighted by Gasteiger charge is -1.93. The van der Waals surface area contributed by atoms with Crippen LogP contribution in [0.1, 0.15) is 25.7 Å². The second-order valence-electron chi connectivity index (χ2n) is 2.94. The number of alkyl halides is 3. The molecule has 1 heterocycles. The molecule has 0 amide bonds. The van der Waals surface area contributed by atoms with Crippen LogP contribution in [-0.4, -0.2) is 27.4 Å². The van der Waals surface area contributed by atoms with E-state index in [-0.39, 0.29) is 11.9 Å². The number of halogens is 3. The first kappa shape index (κ1) is 14.2. The van der Waals surface area contributed by atoms with E-state index in [4.69, 9.17) is 20.1 Å². The topological polar surface area (TPSA) is 102 Å². The lowest BCUT2D eigenvalue weighted by Crippen LogP contribution is -2.21. The van der Waals surface area contributed by atoms with E-state index in [2.05, 4.69) is 10.2 Å². The third-order valence-corrected chi connectivity index (χ3v) is 1.19. The highest BCUT2D eigenvalue weighted by atomic mass is 19.4. The van der Waals surface area contributed by atoms with Crippen molar-refractivity contribution in [1.82, 2.24) is 10.2 Å². The first-order chi connectivity index (χ1) is 7.14. The van der Waals surface area contributed by atoms with Crippen LogP contribution in [0.3, 0.4) is 0 Å². The van der Waals surface area contributed by atoms with Gasteiger partial charge in [0.05, 0.1) is 0 Å². The van der Waals surface area contributed by atoms with E-state index in [9.17, 15) is 13.2 Å². The van der Waals surface area contributed by atoms with Gasteiger partial charge in [-0.2, -0.15) is 13.2 Å². The molecule has 1 aromatic rings. The standard InChI is InChI=1S/C5H9N3O.C2HF3O2/c1-3(2)4-7-8-5(6)9-4;3-2(4,5)1(6)7/h3H,1-2H3,(H2,6,8);(H,6,7). The second-order valence-corrected chi connectivity index (χ2v) is 2.94. The quantitative estimate of drug-likeness (QED) is 0.770. The summed E-state index contributed by atoms with van der Waals surface area (Å²) in [6.45, 7) is 3.93. The molecule has 92 valence electrons. The van der Waals surface area contributed by atoms with Crippen molar-refractivity contribution in [3.63, 3.8) is 0 Å². The van der Waals surface area contributed by atoms with E-state index in [0.717, 1.165) is 0 Å². The van der Waals surface area contributed by atoms with Gasteiger partial charge in [0.25, 0.3) is 0 Å². The molecule has 1 rings (SSSR count). The van der Waals surface area contributed by atoms with Crippen LogP contribution in [0.2, 0.25) is 0 Å². The summed E-state index contributed by atoms with van der Waals surface area (Å²) in [6, 6.07) is 0.138. The number of nitrogens with zero attached hydrogens (tertiary/aromatic N) is 2. The summed E-state index contributed by atoms with van der Waals surface area (Å²) in [6.07, 6.45) is -5.08. The van der Waals surface area contributed by atoms with Crippen molar-refractivity contribution in [2.75, 3.05) is 5.73 Å². The van der Waals surface area contributed by atoms with Crippen LogP contribution < -0.4 is 5.73 Å². The minimum absolute atomic E-state index is 0.138. The van der Waals surface area contributed by atoms with E-state index in [1.807, 2.05) is 13.8 Å². The van der Waals surface area contributed by atoms with Crippen molar-refractivity contribution < 1.29 is 27.5 Å². The van der Waals surface area contributed by atoms with Gasteiger partial charge in [0.2, 0.25) is 5.89 Å². The Morgan fingerprint density at radius 3 is 2.00 bits per heavy atom. The smallest absolute Gasteiger partial charge is 0.475 e. The molecule has 0 bridgehead atoms. The minimum Gasteiger partial charge on any atom is -0.475 e. The van der Waals surface area contributed by atoms with Gasteiger partial charge in [-0.15, -0.1) is 5.10 Å². The third kappa shape index (κ3) is 5.17. The molecule has 6 nitrogen and oxygen atoms in total. The fraction of sp³-hybridized carbons (Fsp3) is 0.571. The van der Waals surface area contributed by atoms with Crippen molar-refractivity contribution in [1.29, 1.82) is 0 Å². The minimum atomic E-state index is -5.08. The van der Waals surface area contributed by atoms with Crippen LogP contribution in [0.5, 0.6) is 0 Å². The first-order valence-electron chi connectivity index (χ1n) is 4.03. The Hall–Kier alpha value is -1.80. The molecule has 0 aliphatic rings. The highest BCUT2D eigenvalue weighted by Gasteiger charge is 2.38. The molecule has 0 spiro atoms. The Bertz CT molecular complexity index is 348. The third-order valence-electron chi connectivity index (χ3n) is 1.19. The number of hydrogen-bond donors (Lipinski definition) is 2. The Morgan fingerprint density at radius 1 is 1.44 bits per heavy atom. The van der Waals surface area contributed by atoms with Crippen LogP contribution in [0.4, 0.5) is 19.2 Å². The molecule has 1 aromatic heterocycles. The molecule has 0 radical (unpaired) electrons. The predicted octanol–water partition coefficient (Wildman–Crippen LogP) is 1.41. The largest absolute Gasteiger partial charge is 0.490 e. The SMILES string of the molecule is CC(C)c1nnc(N)o1.O=C(O)C(F)(F)F. The molecule has 0 aromatic carbocycles. The molecule has 0 atom stereocenters. The number of carbonyl (C=O) groups is 1. The monoisotopic (exact) mass is 241 g/mol. The maximum absolute atomic E-state index is 10.6. The molecule has 0 aliphatic heterocycles. The molecule has 16 heavy (non-hydrogen) atoms. The normalized spacial score (nSPS) is 10.9. The number of rotatable bonds is 1. The van der Waals surface area contributed by atoms with E-state index >= 15 is 0 Å². The van der Waals surface area contributed by atoms with Gasteiger partial charge in [-0.1, -0.05) is 18.9 Å². The zero-order valence-electron chi connectivity index (χ0n) is 8.45. The molecule has 3 N–H and O–H groups in total. The summed E-state index contributed by atoms with van der Waals surface area (Å²) < 4.78 is 36.6. The van der Waals surface area contributed by atoms with Gasteiger partial charge in [0.15, 0.2) is 0 Å². The van der Waals surface area contributed by atoms with Crippen molar-refractivity contribution in [2.45, 2.75) is 25.9 Å². The number of anilines is 1. The summed E-state index contributed by atoms with van der Waals surface area (Å²) in [5, 5.41) is 14.3. The molecule has 0 saturated heterocycles. The number of hydrogen-bond acceptors (Lipinski definition) is 5. The van der Waals surface area contributed by atoms with Crippen molar-refractivity contribution >= 4 is 12.0 Å². The number of nitrogen functional groups attached to an aromatic ring is 1. The number of carboxylic acid groups (broad SMARTS) is 1. The van der Waals surface area contributed by atoms with Crippen LogP contribution in [-0.2, 0) is 4.79 Å².